The van der Waals surface area contributed by atoms with E-state index in [-0.39, 0.29) is 11.7 Å². The summed E-state index contributed by atoms with van der Waals surface area (Å²) in [7, 11) is 1.55. The van der Waals surface area contributed by atoms with Gasteiger partial charge in [-0.1, -0.05) is 12.1 Å². The molecule has 0 aromatic heterocycles. The predicted molar refractivity (Wildman–Crippen MR) is 98.1 cm³/mol. The van der Waals surface area contributed by atoms with Gasteiger partial charge in [0.25, 0.3) is 0 Å². The highest BCUT2D eigenvalue weighted by atomic mass is 16.6. The second-order valence-corrected chi connectivity index (χ2v) is 5.71. The van der Waals surface area contributed by atoms with Gasteiger partial charge in [-0.3, -0.25) is 9.59 Å². The molecule has 6 nitrogen and oxygen atoms in total. The van der Waals surface area contributed by atoms with Gasteiger partial charge < -0.3 is 19.5 Å². The summed E-state index contributed by atoms with van der Waals surface area (Å²) in [6.07, 6.45) is 3.07. The number of carbonyl (C=O) groups is 2. The van der Waals surface area contributed by atoms with Crippen LogP contribution in [0.2, 0.25) is 0 Å². The summed E-state index contributed by atoms with van der Waals surface area (Å²) in [5.41, 5.74) is 1.86. The summed E-state index contributed by atoms with van der Waals surface area (Å²) in [6.45, 7) is 2.42. The van der Waals surface area contributed by atoms with E-state index in [1.165, 1.54) is 13.0 Å². The van der Waals surface area contributed by atoms with E-state index in [4.69, 9.17) is 14.2 Å². The van der Waals surface area contributed by atoms with Crippen LogP contribution >= 0.6 is 0 Å². The van der Waals surface area contributed by atoms with Crippen LogP contribution in [0.3, 0.4) is 0 Å². The topological polar surface area (TPSA) is 73.9 Å². The maximum absolute atomic E-state index is 12.1. The van der Waals surface area contributed by atoms with Crippen LogP contribution in [0.5, 0.6) is 17.2 Å². The van der Waals surface area contributed by atoms with E-state index < -0.39 is 0 Å². The van der Waals surface area contributed by atoms with Gasteiger partial charge >= 0.3 is 0 Å². The molecule has 1 N–H and O–H groups in total. The summed E-state index contributed by atoms with van der Waals surface area (Å²) >= 11 is 0. The molecule has 0 aliphatic carbocycles. The van der Waals surface area contributed by atoms with Crippen LogP contribution in [0.1, 0.15) is 22.8 Å². The van der Waals surface area contributed by atoms with Crippen LogP contribution < -0.4 is 19.5 Å². The predicted octanol–water partition coefficient (Wildman–Crippen LogP) is 3.32. The third kappa shape index (κ3) is 4.03. The minimum Gasteiger partial charge on any atom is -0.493 e. The number of ether oxygens (including phenoxy) is 3. The van der Waals surface area contributed by atoms with E-state index >= 15 is 0 Å². The van der Waals surface area contributed by atoms with E-state index in [2.05, 4.69) is 5.32 Å². The van der Waals surface area contributed by atoms with Crippen molar-refractivity contribution in [3.63, 3.8) is 0 Å². The molecule has 26 heavy (non-hydrogen) atoms. The molecule has 0 atom stereocenters. The molecule has 1 heterocycles. The summed E-state index contributed by atoms with van der Waals surface area (Å²) in [5, 5.41) is 2.73. The first-order chi connectivity index (χ1) is 12.6. The second-order valence-electron chi connectivity index (χ2n) is 5.71. The van der Waals surface area contributed by atoms with Gasteiger partial charge in [-0.05, 0) is 42.8 Å². The third-order valence-electron chi connectivity index (χ3n) is 3.81. The Morgan fingerprint density at radius 3 is 2.73 bits per heavy atom. The number of hydrogen-bond acceptors (Lipinski definition) is 5. The maximum atomic E-state index is 12.1. The zero-order valence-electron chi connectivity index (χ0n) is 14.6. The number of anilines is 1. The standard InChI is InChI=1S/C20H19NO5/c1-13(22)15-4-3-5-16(12-15)21-19(23)7-6-14-10-17(24-2)20-18(11-14)25-8-9-26-20/h3-7,10-12H,8-9H2,1-2H3,(H,21,23)/b7-6+. The average Bonchev–Trinajstić information content (AvgIpc) is 2.65. The van der Waals surface area contributed by atoms with Gasteiger partial charge in [0, 0.05) is 17.3 Å². The Labute approximate surface area is 151 Å². The van der Waals surface area contributed by atoms with E-state index in [1.54, 1.807) is 49.6 Å². The number of amides is 1. The number of fused-ring (bicyclic) bond motifs is 1. The van der Waals surface area contributed by atoms with Gasteiger partial charge in [0.2, 0.25) is 11.7 Å². The number of methoxy groups -OCH3 is 1. The zero-order chi connectivity index (χ0) is 18.5. The van der Waals surface area contributed by atoms with Gasteiger partial charge in [0.15, 0.2) is 17.3 Å². The lowest BCUT2D eigenvalue weighted by atomic mass is 10.1. The quantitative estimate of drug-likeness (QED) is 0.659. The van der Waals surface area contributed by atoms with E-state index in [1.807, 2.05) is 0 Å². The van der Waals surface area contributed by atoms with Crippen molar-refractivity contribution in [1.29, 1.82) is 0 Å². The number of carbonyl (C=O) groups excluding carboxylic acids is 2. The molecule has 6 heteroatoms. The first kappa shape index (κ1) is 17.5. The zero-order valence-corrected chi connectivity index (χ0v) is 14.6. The van der Waals surface area contributed by atoms with Crippen molar-refractivity contribution in [2.24, 2.45) is 0 Å². The van der Waals surface area contributed by atoms with Crippen LogP contribution in [0, 0.1) is 0 Å². The molecule has 1 aliphatic rings. The van der Waals surface area contributed by atoms with Gasteiger partial charge in [0.05, 0.1) is 7.11 Å². The number of hydrogen-bond donors (Lipinski definition) is 1. The average molecular weight is 353 g/mol. The lowest BCUT2D eigenvalue weighted by molar-refractivity contribution is -0.111. The number of Topliss-reactive ketones (excluding diaryl/α,β-unsaturated/α-hetero) is 1. The maximum Gasteiger partial charge on any atom is 0.248 e. The molecule has 2 aromatic rings. The summed E-state index contributed by atoms with van der Waals surface area (Å²) in [4.78, 5) is 23.6. The first-order valence-corrected chi connectivity index (χ1v) is 8.14. The fourth-order valence-corrected chi connectivity index (χ4v) is 2.56. The molecule has 0 bridgehead atoms. The van der Waals surface area contributed by atoms with Crippen molar-refractivity contribution >= 4 is 23.5 Å². The van der Waals surface area contributed by atoms with Crippen LogP contribution in [0.4, 0.5) is 5.69 Å². The Kier molecular flexibility index (Phi) is 5.22. The largest absolute Gasteiger partial charge is 0.493 e. The number of rotatable bonds is 5. The molecule has 3 rings (SSSR count). The van der Waals surface area contributed by atoms with E-state index in [9.17, 15) is 9.59 Å². The number of benzene rings is 2. The molecule has 0 saturated carbocycles. The van der Waals surface area contributed by atoms with Gasteiger partial charge in [-0.25, -0.2) is 0 Å². The van der Waals surface area contributed by atoms with Crippen LogP contribution in [0.25, 0.3) is 6.08 Å². The fourth-order valence-electron chi connectivity index (χ4n) is 2.56. The molecule has 1 aliphatic heterocycles. The van der Waals surface area contributed by atoms with Gasteiger partial charge in [-0.2, -0.15) is 0 Å². The van der Waals surface area contributed by atoms with Crippen LogP contribution in [-0.2, 0) is 4.79 Å². The molecule has 0 fully saturated rings. The Morgan fingerprint density at radius 2 is 1.96 bits per heavy atom. The molecule has 0 unspecified atom stereocenters. The highest BCUT2D eigenvalue weighted by Gasteiger charge is 2.17. The lowest BCUT2D eigenvalue weighted by Gasteiger charge is -2.20. The SMILES string of the molecule is COc1cc(/C=C/C(=O)Nc2cccc(C(C)=O)c2)cc2c1OCCO2. The highest BCUT2D eigenvalue weighted by Crippen LogP contribution is 2.40. The Balaban J connectivity index is 1.74. The minimum atomic E-state index is -0.306. The molecule has 0 radical (unpaired) electrons. The summed E-state index contributed by atoms with van der Waals surface area (Å²) < 4.78 is 16.4. The van der Waals surface area contributed by atoms with Crippen molar-refractivity contribution in [3.05, 3.63) is 53.6 Å². The number of nitrogens with one attached hydrogen (secondary N) is 1. The van der Waals surface area contributed by atoms with Crippen molar-refractivity contribution in [1.82, 2.24) is 0 Å². The molecular formula is C20H19NO5. The molecule has 134 valence electrons. The molecule has 2 aromatic carbocycles. The second kappa shape index (κ2) is 7.74. The highest BCUT2D eigenvalue weighted by molar-refractivity contribution is 6.03. The first-order valence-electron chi connectivity index (χ1n) is 8.14. The van der Waals surface area contributed by atoms with E-state index in [0.717, 1.165) is 5.56 Å². The minimum absolute atomic E-state index is 0.0555. The van der Waals surface area contributed by atoms with Gasteiger partial charge in [0.1, 0.15) is 13.2 Å². The van der Waals surface area contributed by atoms with Crippen molar-refractivity contribution < 1.29 is 23.8 Å². The number of ketones is 1. The van der Waals surface area contributed by atoms with Crippen LogP contribution in [-0.4, -0.2) is 32.0 Å². The van der Waals surface area contributed by atoms with Gasteiger partial charge in [-0.15, -0.1) is 0 Å². The fraction of sp³-hybridized carbons (Fsp3) is 0.200. The summed E-state index contributed by atoms with van der Waals surface area (Å²) in [5.74, 6) is 1.35. The Morgan fingerprint density at radius 1 is 1.15 bits per heavy atom. The van der Waals surface area contributed by atoms with E-state index in [0.29, 0.717) is 41.7 Å². The summed E-state index contributed by atoms with van der Waals surface area (Å²) in [6, 6.07) is 10.4. The smallest absolute Gasteiger partial charge is 0.248 e. The molecule has 0 spiro atoms. The van der Waals surface area contributed by atoms with Crippen molar-refractivity contribution in [2.45, 2.75) is 6.92 Å². The molecular weight excluding hydrogens is 334 g/mol. The molecule has 0 saturated heterocycles. The Hall–Kier alpha value is -3.28. The third-order valence-corrected chi connectivity index (χ3v) is 3.81. The van der Waals surface area contributed by atoms with Crippen molar-refractivity contribution in [2.75, 3.05) is 25.6 Å². The Bertz CT molecular complexity index is 855. The molecule has 1 amide bonds. The lowest BCUT2D eigenvalue weighted by Crippen LogP contribution is -2.16. The van der Waals surface area contributed by atoms with Crippen LogP contribution in [0.15, 0.2) is 42.5 Å². The van der Waals surface area contributed by atoms with Crippen molar-refractivity contribution in [3.8, 4) is 17.2 Å². The normalized spacial score (nSPS) is 12.7. The monoisotopic (exact) mass is 353 g/mol.